The van der Waals surface area contributed by atoms with Gasteiger partial charge >= 0.3 is 0 Å². The van der Waals surface area contributed by atoms with E-state index in [0.29, 0.717) is 0 Å². The van der Waals surface area contributed by atoms with Gasteiger partial charge < -0.3 is 5.11 Å². The van der Waals surface area contributed by atoms with Crippen molar-refractivity contribution < 1.29 is 5.11 Å². The smallest absolute Gasteiger partial charge is 0.0496 e. The molecule has 58 valence electrons. The van der Waals surface area contributed by atoms with Gasteiger partial charge in [0, 0.05) is 17.4 Å². The second-order valence-corrected chi connectivity index (χ2v) is 3.81. The zero-order valence-corrected chi connectivity index (χ0v) is 7.23. The first kappa shape index (κ1) is 9.52. The molecule has 0 aromatic rings. The van der Waals surface area contributed by atoms with Crippen molar-refractivity contribution >= 4 is 0 Å². The van der Waals surface area contributed by atoms with Crippen LogP contribution in [0.5, 0.6) is 0 Å². The highest BCUT2D eigenvalue weighted by molar-refractivity contribution is 5.07. The largest absolute Gasteiger partial charge is 0.396 e. The minimum atomic E-state index is -0.234. The van der Waals surface area contributed by atoms with E-state index in [1.54, 1.807) is 0 Å². The third-order valence-electron chi connectivity index (χ3n) is 2.45. The van der Waals surface area contributed by atoms with E-state index >= 15 is 0 Å². The first-order chi connectivity index (χ1) is 4.37. The molecule has 0 rings (SSSR count). The molecule has 0 radical (unpaired) electrons. The predicted octanol–water partition coefficient (Wildman–Crippen LogP) is 1.66. The molecule has 0 bridgehead atoms. The zero-order chi connectivity index (χ0) is 8.41. The maximum atomic E-state index is 8.97. The van der Waals surface area contributed by atoms with E-state index in [-0.39, 0.29) is 17.4 Å². The van der Waals surface area contributed by atoms with Gasteiger partial charge in [-0.2, -0.15) is 0 Å². The highest BCUT2D eigenvalue weighted by atomic mass is 16.3. The Morgan fingerprint density at radius 3 is 1.80 bits per heavy atom. The number of hydrogen-bond donors (Lipinski definition) is 1. The number of terminal acetylenes is 1. The quantitative estimate of drug-likeness (QED) is 0.578. The fourth-order valence-electron chi connectivity index (χ4n) is 0.393. The summed E-state index contributed by atoms with van der Waals surface area (Å²) < 4.78 is 0. The maximum absolute atomic E-state index is 8.97. The Morgan fingerprint density at radius 2 is 1.70 bits per heavy atom. The summed E-state index contributed by atoms with van der Waals surface area (Å²) in [6.45, 7) is 7.98. The molecule has 0 aliphatic carbocycles. The van der Waals surface area contributed by atoms with Gasteiger partial charge in [-0.1, -0.05) is 19.8 Å². The molecule has 0 fully saturated rings. The molecule has 0 saturated carbocycles. The van der Waals surface area contributed by atoms with E-state index < -0.39 is 0 Å². The summed E-state index contributed by atoms with van der Waals surface area (Å²) >= 11 is 0. The molecule has 1 N–H and O–H groups in total. The average molecular weight is 140 g/mol. The molecule has 0 spiro atoms. The van der Waals surface area contributed by atoms with Crippen molar-refractivity contribution in [2.45, 2.75) is 27.7 Å². The van der Waals surface area contributed by atoms with Crippen LogP contribution in [0.25, 0.3) is 0 Å². The van der Waals surface area contributed by atoms with Crippen LogP contribution in [0.15, 0.2) is 0 Å². The minimum absolute atomic E-state index is 0.129. The Balaban J connectivity index is 4.49. The molecule has 0 amide bonds. The molecule has 1 nitrogen and oxygen atoms in total. The fraction of sp³-hybridized carbons (Fsp3) is 0.778. The average Bonchev–Trinajstić information content (AvgIpc) is 1.88. The molecule has 0 unspecified atom stereocenters. The van der Waals surface area contributed by atoms with E-state index in [9.17, 15) is 0 Å². The van der Waals surface area contributed by atoms with Crippen LogP contribution >= 0.6 is 0 Å². The molecule has 0 atom stereocenters. The second-order valence-electron chi connectivity index (χ2n) is 3.81. The Kier molecular flexibility index (Phi) is 2.51. The van der Waals surface area contributed by atoms with Crippen LogP contribution in [0.3, 0.4) is 0 Å². The summed E-state index contributed by atoms with van der Waals surface area (Å²) in [4.78, 5) is 0. The molecular formula is C9H16O. The number of aliphatic hydroxyl groups excluding tert-OH is 1. The van der Waals surface area contributed by atoms with E-state index in [1.807, 2.05) is 27.7 Å². The minimum Gasteiger partial charge on any atom is -0.396 e. The Hall–Kier alpha value is -0.480. The summed E-state index contributed by atoms with van der Waals surface area (Å²) in [6.07, 6.45) is 5.31. The van der Waals surface area contributed by atoms with Crippen LogP contribution in [0.4, 0.5) is 0 Å². The SMILES string of the molecule is C#CC(C)(C)C(C)(C)CO. The van der Waals surface area contributed by atoms with Crippen LogP contribution in [0.1, 0.15) is 27.7 Å². The summed E-state index contributed by atoms with van der Waals surface area (Å²) in [5.74, 6) is 2.67. The van der Waals surface area contributed by atoms with Gasteiger partial charge in [-0.15, -0.1) is 6.42 Å². The van der Waals surface area contributed by atoms with Crippen molar-refractivity contribution in [2.24, 2.45) is 10.8 Å². The van der Waals surface area contributed by atoms with Crippen LogP contribution in [-0.2, 0) is 0 Å². The number of hydrogen-bond acceptors (Lipinski definition) is 1. The molecular weight excluding hydrogens is 124 g/mol. The van der Waals surface area contributed by atoms with Gasteiger partial charge in [0.1, 0.15) is 0 Å². The summed E-state index contributed by atoms with van der Waals surface area (Å²) in [5.41, 5.74) is -0.427. The van der Waals surface area contributed by atoms with Crippen LogP contribution in [0.2, 0.25) is 0 Å². The van der Waals surface area contributed by atoms with Crippen LogP contribution < -0.4 is 0 Å². The molecule has 0 heterocycles. The van der Waals surface area contributed by atoms with Gasteiger partial charge in [0.2, 0.25) is 0 Å². The van der Waals surface area contributed by atoms with Crippen molar-refractivity contribution in [3.63, 3.8) is 0 Å². The zero-order valence-electron chi connectivity index (χ0n) is 7.23. The monoisotopic (exact) mass is 140 g/mol. The normalized spacial score (nSPS) is 12.8. The third-order valence-corrected chi connectivity index (χ3v) is 2.45. The maximum Gasteiger partial charge on any atom is 0.0496 e. The van der Waals surface area contributed by atoms with Crippen molar-refractivity contribution in [3.8, 4) is 12.3 Å². The van der Waals surface area contributed by atoms with E-state index in [0.717, 1.165) is 0 Å². The van der Waals surface area contributed by atoms with Crippen LogP contribution in [-0.4, -0.2) is 11.7 Å². The van der Waals surface area contributed by atoms with Crippen molar-refractivity contribution in [3.05, 3.63) is 0 Å². The Morgan fingerprint density at radius 1 is 1.30 bits per heavy atom. The lowest BCUT2D eigenvalue weighted by Gasteiger charge is -2.35. The van der Waals surface area contributed by atoms with Gasteiger partial charge in [0.05, 0.1) is 0 Å². The molecule has 0 aliphatic rings. The van der Waals surface area contributed by atoms with Crippen LogP contribution in [0, 0.1) is 23.2 Å². The fourth-order valence-corrected chi connectivity index (χ4v) is 0.393. The van der Waals surface area contributed by atoms with Gasteiger partial charge in [-0.25, -0.2) is 0 Å². The standard InChI is InChI=1S/C9H16O/c1-6-8(2,3)9(4,5)7-10/h1,10H,7H2,2-5H3. The number of aliphatic hydroxyl groups is 1. The van der Waals surface area contributed by atoms with Gasteiger partial charge in [0.25, 0.3) is 0 Å². The first-order valence-electron chi connectivity index (χ1n) is 3.46. The second kappa shape index (κ2) is 2.64. The molecule has 0 aromatic carbocycles. The predicted molar refractivity (Wildman–Crippen MR) is 43.5 cm³/mol. The lowest BCUT2D eigenvalue weighted by atomic mass is 9.69. The Labute approximate surface area is 63.5 Å². The summed E-state index contributed by atoms with van der Waals surface area (Å²) in [5, 5.41) is 8.97. The van der Waals surface area contributed by atoms with Gasteiger partial charge in [-0.05, 0) is 13.8 Å². The summed E-state index contributed by atoms with van der Waals surface area (Å²) in [7, 11) is 0. The third kappa shape index (κ3) is 1.52. The topological polar surface area (TPSA) is 20.2 Å². The number of rotatable bonds is 2. The van der Waals surface area contributed by atoms with E-state index in [2.05, 4.69) is 5.92 Å². The summed E-state index contributed by atoms with van der Waals surface area (Å²) in [6, 6.07) is 0. The van der Waals surface area contributed by atoms with E-state index in [4.69, 9.17) is 11.5 Å². The molecule has 0 aliphatic heterocycles. The molecule has 1 heteroatoms. The highest BCUT2D eigenvalue weighted by Gasteiger charge is 2.34. The Bertz CT molecular complexity index is 149. The lowest BCUT2D eigenvalue weighted by Crippen LogP contribution is -2.34. The first-order valence-corrected chi connectivity index (χ1v) is 3.46. The van der Waals surface area contributed by atoms with Gasteiger partial charge in [0.15, 0.2) is 0 Å². The molecule has 0 saturated heterocycles. The van der Waals surface area contributed by atoms with E-state index in [1.165, 1.54) is 0 Å². The molecule has 0 aromatic heterocycles. The molecule has 10 heavy (non-hydrogen) atoms. The lowest BCUT2D eigenvalue weighted by molar-refractivity contribution is 0.0759. The van der Waals surface area contributed by atoms with Gasteiger partial charge in [-0.3, -0.25) is 0 Å². The van der Waals surface area contributed by atoms with Crippen molar-refractivity contribution in [2.75, 3.05) is 6.61 Å². The highest BCUT2D eigenvalue weighted by Crippen LogP contribution is 2.36. The van der Waals surface area contributed by atoms with Crippen molar-refractivity contribution in [1.82, 2.24) is 0 Å². The van der Waals surface area contributed by atoms with Crippen molar-refractivity contribution in [1.29, 1.82) is 0 Å².